The van der Waals surface area contributed by atoms with Crippen molar-refractivity contribution in [2.24, 2.45) is 0 Å². The van der Waals surface area contributed by atoms with Gasteiger partial charge in [-0.1, -0.05) is 129 Å². The lowest BCUT2D eigenvalue weighted by Gasteiger charge is -2.24. The molecule has 0 unspecified atom stereocenters. The summed E-state index contributed by atoms with van der Waals surface area (Å²) in [4.78, 5) is 10.9. The molecule has 0 bridgehead atoms. The molecule has 0 saturated carbocycles. The van der Waals surface area contributed by atoms with Gasteiger partial charge in [-0.25, -0.2) is 9.97 Å². The fourth-order valence-corrected chi connectivity index (χ4v) is 8.70. The summed E-state index contributed by atoms with van der Waals surface area (Å²) in [6.45, 7) is 4.73. The molecule has 230 valence electrons. The van der Waals surface area contributed by atoms with Crippen LogP contribution in [0.3, 0.4) is 0 Å². The van der Waals surface area contributed by atoms with Crippen LogP contribution in [0.4, 0.5) is 0 Å². The van der Waals surface area contributed by atoms with E-state index in [2.05, 4.69) is 146 Å². The van der Waals surface area contributed by atoms with Crippen molar-refractivity contribution in [1.82, 2.24) is 14.5 Å². The first kappa shape index (κ1) is 26.8. The zero-order chi connectivity index (χ0) is 32.4. The third kappa shape index (κ3) is 3.42. The molecular formula is C45H29N3O. The molecule has 11 rings (SSSR count). The molecule has 0 N–H and O–H groups in total. The van der Waals surface area contributed by atoms with Gasteiger partial charge in [0.25, 0.3) is 0 Å². The third-order valence-electron chi connectivity index (χ3n) is 10.8. The Morgan fingerprint density at radius 2 is 1.20 bits per heavy atom. The smallest absolute Gasteiger partial charge is 0.235 e. The molecule has 0 aliphatic heterocycles. The zero-order valence-corrected chi connectivity index (χ0v) is 27.0. The van der Waals surface area contributed by atoms with Gasteiger partial charge in [0.2, 0.25) is 5.95 Å². The van der Waals surface area contributed by atoms with Gasteiger partial charge in [-0.3, -0.25) is 4.57 Å². The molecule has 0 amide bonds. The van der Waals surface area contributed by atoms with Crippen LogP contribution in [0.15, 0.2) is 144 Å². The first-order valence-electron chi connectivity index (χ1n) is 16.9. The van der Waals surface area contributed by atoms with Crippen molar-refractivity contribution in [3.8, 4) is 28.3 Å². The third-order valence-corrected chi connectivity index (χ3v) is 10.8. The number of nitrogens with zero attached hydrogens (tertiary/aromatic N) is 3. The Morgan fingerprint density at radius 1 is 0.551 bits per heavy atom. The van der Waals surface area contributed by atoms with Crippen molar-refractivity contribution >= 4 is 65.4 Å². The van der Waals surface area contributed by atoms with Gasteiger partial charge in [-0.05, 0) is 57.3 Å². The number of benzene rings is 7. The lowest BCUT2D eigenvalue weighted by atomic mass is 9.80. The molecule has 0 saturated heterocycles. The number of furan rings is 1. The molecule has 7 aromatic carbocycles. The van der Waals surface area contributed by atoms with Crippen LogP contribution in [0.25, 0.3) is 93.8 Å². The summed E-state index contributed by atoms with van der Waals surface area (Å²) >= 11 is 0. The predicted molar refractivity (Wildman–Crippen MR) is 202 cm³/mol. The lowest BCUT2D eigenvalue weighted by Crippen LogP contribution is -2.17. The summed E-state index contributed by atoms with van der Waals surface area (Å²) in [6, 6.07) is 49.5. The second-order valence-electron chi connectivity index (χ2n) is 13.7. The topological polar surface area (TPSA) is 43.9 Å². The van der Waals surface area contributed by atoms with Crippen LogP contribution in [-0.2, 0) is 5.41 Å². The summed E-state index contributed by atoms with van der Waals surface area (Å²) in [5.74, 6) is 0.650. The van der Waals surface area contributed by atoms with E-state index in [0.717, 1.165) is 49.6 Å². The monoisotopic (exact) mass is 627 g/mol. The molecule has 49 heavy (non-hydrogen) atoms. The van der Waals surface area contributed by atoms with Crippen molar-refractivity contribution in [3.05, 3.63) is 151 Å². The number of aromatic nitrogens is 3. The van der Waals surface area contributed by atoms with Gasteiger partial charge >= 0.3 is 0 Å². The van der Waals surface area contributed by atoms with E-state index in [1.54, 1.807) is 0 Å². The van der Waals surface area contributed by atoms with E-state index in [1.165, 1.54) is 49.3 Å². The van der Waals surface area contributed by atoms with Crippen LogP contribution in [0, 0.1) is 0 Å². The van der Waals surface area contributed by atoms with Crippen LogP contribution >= 0.6 is 0 Å². The number of para-hydroxylation sites is 4. The number of fused-ring (bicyclic) bond motifs is 14. The highest BCUT2D eigenvalue weighted by Gasteiger charge is 2.40. The number of hydrogen-bond donors (Lipinski definition) is 0. The molecule has 0 spiro atoms. The van der Waals surface area contributed by atoms with Crippen molar-refractivity contribution in [3.63, 3.8) is 0 Å². The second kappa shape index (κ2) is 9.42. The molecule has 4 heteroatoms. The van der Waals surface area contributed by atoms with E-state index in [9.17, 15) is 0 Å². The Balaban J connectivity index is 1.33. The fraction of sp³-hybridized carbons (Fsp3) is 0.0667. The highest BCUT2D eigenvalue weighted by Crippen LogP contribution is 2.56. The van der Waals surface area contributed by atoms with E-state index in [1.807, 2.05) is 12.1 Å². The van der Waals surface area contributed by atoms with Crippen molar-refractivity contribution in [1.29, 1.82) is 0 Å². The molecule has 1 aliphatic rings. The lowest BCUT2D eigenvalue weighted by molar-refractivity contribution is 0.664. The van der Waals surface area contributed by atoms with E-state index in [4.69, 9.17) is 14.4 Å². The molecule has 0 atom stereocenters. The van der Waals surface area contributed by atoms with Gasteiger partial charge in [0.05, 0.1) is 22.2 Å². The van der Waals surface area contributed by atoms with Gasteiger partial charge in [0.15, 0.2) is 0 Å². The van der Waals surface area contributed by atoms with E-state index in [-0.39, 0.29) is 5.41 Å². The Bertz CT molecular complexity index is 3030. The second-order valence-corrected chi connectivity index (χ2v) is 13.7. The molecule has 1 aliphatic carbocycles. The maximum absolute atomic E-state index is 6.56. The number of rotatable bonds is 2. The van der Waals surface area contributed by atoms with Crippen LogP contribution < -0.4 is 0 Å². The van der Waals surface area contributed by atoms with Gasteiger partial charge in [-0.15, -0.1) is 0 Å². The molecular weight excluding hydrogens is 599 g/mol. The van der Waals surface area contributed by atoms with Crippen molar-refractivity contribution in [2.75, 3.05) is 0 Å². The zero-order valence-electron chi connectivity index (χ0n) is 27.0. The Labute approximate surface area is 281 Å². The van der Waals surface area contributed by atoms with Gasteiger partial charge < -0.3 is 4.42 Å². The fourth-order valence-electron chi connectivity index (χ4n) is 8.70. The van der Waals surface area contributed by atoms with Gasteiger partial charge in [-0.2, -0.15) is 0 Å². The maximum atomic E-state index is 6.56. The normalized spacial score (nSPS) is 13.7. The minimum Gasteiger partial charge on any atom is -0.455 e. The van der Waals surface area contributed by atoms with Crippen molar-refractivity contribution in [2.45, 2.75) is 19.3 Å². The average Bonchev–Trinajstić information content (AvgIpc) is 3.77. The highest BCUT2D eigenvalue weighted by atomic mass is 16.3. The largest absolute Gasteiger partial charge is 0.455 e. The Kier molecular flexibility index (Phi) is 5.15. The van der Waals surface area contributed by atoms with Crippen LogP contribution in [0.5, 0.6) is 0 Å². The quantitative estimate of drug-likeness (QED) is 0.192. The minimum atomic E-state index is -0.250. The first-order valence-corrected chi connectivity index (χ1v) is 16.9. The highest BCUT2D eigenvalue weighted by molar-refractivity contribution is 6.27. The Morgan fingerprint density at radius 3 is 2.08 bits per heavy atom. The standard InChI is InChI=1S/C45H29N3O/c1-45(2)34-22-9-5-17-30(34)38-27-15-3-4-16-28(27)39-32-19-7-11-24-36(32)48(42(39)40(38)45)44-46-35-23-10-6-18-31(35)41(47-44)33-21-13-20-29-26-14-8-12-25-37(26)49-43(29)33/h3-25H,1-2H3. The summed E-state index contributed by atoms with van der Waals surface area (Å²) in [6.07, 6.45) is 0. The van der Waals surface area contributed by atoms with Crippen LogP contribution in [-0.4, -0.2) is 14.5 Å². The maximum Gasteiger partial charge on any atom is 0.235 e. The molecule has 3 aromatic heterocycles. The average molecular weight is 628 g/mol. The predicted octanol–water partition coefficient (Wildman–Crippen LogP) is 11.8. The molecule has 4 nitrogen and oxygen atoms in total. The summed E-state index contributed by atoms with van der Waals surface area (Å²) in [5, 5.41) is 8.13. The minimum absolute atomic E-state index is 0.250. The summed E-state index contributed by atoms with van der Waals surface area (Å²) in [7, 11) is 0. The van der Waals surface area contributed by atoms with Gasteiger partial charge in [0.1, 0.15) is 11.2 Å². The molecule has 10 aromatic rings. The molecule has 0 fully saturated rings. The molecule has 0 radical (unpaired) electrons. The SMILES string of the molecule is CC1(C)c2ccccc2-c2c1c1c(c3ccccc23)c2ccccc2n1-c1nc(-c2cccc3c2oc2ccccc23)c2ccccc2n1. The van der Waals surface area contributed by atoms with Crippen molar-refractivity contribution < 1.29 is 4.42 Å². The van der Waals surface area contributed by atoms with E-state index < -0.39 is 0 Å². The Hall–Kier alpha value is -6.26. The van der Waals surface area contributed by atoms with Gasteiger partial charge in [0, 0.05) is 37.9 Å². The molecule has 3 heterocycles. The van der Waals surface area contributed by atoms with Crippen LogP contribution in [0.1, 0.15) is 25.0 Å². The van der Waals surface area contributed by atoms with Crippen LogP contribution in [0.2, 0.25) is 0 Å². The number of hydrogen-bond acceptors (Lipinski definition) is 3. The first-order chi connectivity index (χ1) is 24.1. The summed E-state index contributed by atoms with van der Waals surface area (Å²) in [5.41, 5.74) is 11.7. The van der Waals surface area contributed by atoms with E-state index in [0.29, 0.717) is 5.95 Å². The summed E-state index contributed by atoms with van der Waals surface area (Å²) < 4.78 is 8.89. The van der Waals surface area contributed by atoms with E-state index >= 15 is 0 Å².